The van der Waals surface area contributed by atoms with Gasteiger partial charge < -0.3 is 19.4 Å². The molecule has 4 rings (SSSR count). The van der Waals surface area contributed by atoms with Crippen LogP contribution in [0.3, 0.4) is 0 Å². The van der Waals surface area contributed by atoms with Crippen LogP contribution in [0.4, 0.5) is 0 Å². The number of aryl methyl sites for hydroxylation is 2. The molecule has 0 bridgehead atoms. The van der Waals surface area contributed by atoms with Crippen LogP contribution in [0.25, 0.3) is 0 Å². The summed E-state index contributed by atoms with van der Waals surface area (Å²) in [6, 6.07) is 13.4. The van der Waals surface area contributed by atoms with Crippen LogP contribution in [0.15, 0.2) is 59.3 Å². The molecule has 150 valence electrons. The average Bonchev–Trinajstić information content (AvgIpc) is 3.22. The van der Waals surface area contributed by atoms with Crippen molar-refractivity contribution in [3.63, 3.8) is 0 Å². The molecule has 6 heteroatoms. The summed E-state index contributed by atoms with van der Waals surface area (Å²) in [7, 11) is 0. The second kappa shape index (κ2) is 8.49. The molecule has 0 radical (unpaired) electrons. The lowest BCUT2D eigenvalue weighted by Gasteiger charge is -2.35. The third kappa shape index (κ3) is 4.32. The van der Waals surface area contributed by atoms with Crippen LogP contribution >= 0.6 is 0 Å². The number of aromatic nitrogens is 1. The fourth-order valence-electron chi connectivity index (χ4n) is 3.64. The first-order valence-corrected chi connectivity index (χ1v) is 9.82. The molecule has 3 aromatic rings. The molecule has 1 aromatic carbocycles. The van der Waals surface area contributed by atoms with Gasteiger partial charge in [-0.2, -0.15) is 0 Å². The van der Waals surface area contributed by atoms with E-state index >= 15 is 0 Å². The second-order valence-corrected chi connectivity index (χ2v) is 7.33. The molecule has 1 fully saturated rings. The predicted molar refractivity (Wildman–Crippen MR) is 110 cm³/mol. The maximum atomic E-state index is 13.1. The molecule has 1 unspecified atom stereocenters. The number of amides is 1. The van der Waals surface area contributed by atoms with E-state index in [0.29, 0.717) is 24.6 Å². The van der Waals surface area contributed by atoms with Crippen molar-refractivity contribution in [1.29, 1.82) is 0 Å². The summed E-state index contributed by atoms with van der Waals surface area (Å²) in [5, 5.41) is 3.35. The molecule has 1 N–H and O–H groups in total. The minimum absolute atomic E-state index is 0.0649. The van der Waals surface area contributed by atoms with Gasteiger partial charge in [0.25, 0.3) is 5.91 Å². The number of benzene rings is 1. The van der Waals surface area contributed by atoms with E-state index in [1.807, 2.05) is 42.3 Å². The standard InChI is InChI=1S/C23H25N3O3/c1-16-5-7-21(17(2)12-16)28-15-19-6-8-22(29-19)23(27)26-11-10-25-14-20(26)18-4-3-9-24-13-18/h3-9,12-13,20,25H,10-11,14-15H2,1-2H3. The van der Waals surface area contributed by atoms with Crippen molar-refractivity contribution >= 4 is 5.91 Å². The maximum Gasteiger partial charge on any atom is 0.290 e. The first-order valence-electron chi connectivity index (χ1n) is 9.82. The number of nitrogens with one attached hydrogen (secondary N) is 1. The van der Waals surface area contributed by atoms with Crippen LogP contribution in [0.2, 0.25) is 0 Å². The Balaban J connectivity index is 1.46. The van der Waals surface area contributed by atoms with E-state index in [1.165, 1.54) is 5.56 Å². The summed E-state index contributed by atoms with van der Waals surface area (Å²) < 4.78 is 11.7. The summed E-state index contributed by atoms with van der Waals surface area (Å²) in [5.41, 5.74) is 3.28. The fraction of sp³-hybridized carbons (Fsp3) is 0.304. The number of furan rings is 1. The van der Waals surface area contributed by atoms with Gasteiger partial charge in [-0.05, 0) is 49.2 Å². The van der Waals surface area contributed by atoms with Crippen LogP contribution in [0.1, 0.15) is 39.0 Å². The molecule has 2 aromatic heterocycles. The van der Waals surface area contributed by atoms with Gasteiger partial charge in [-0.15, -0.1) is 0 Å². The maximum absolute atomic E-state index is 13.1. The second-order valence-electron chi connectivity index (χ2n) is 7.33. The zero-order valence-electron chi connectivity index (χ0n) is 16.7. The Morgan fingerprint density at radius 1 is 1.28 bits per heavy atom. The Labute approximate surface area is 170 Å². The Hall–Kier alpha value is -3.12. The first-order chi connectivity index (χ1) is 14.1. The van der Waals surface area contributed by atoms with Gasteiger partial charge in [-0.3, -0.25) is 9.78 Å². The number of hydrogen-bond donors (Lipinski definition) is 1. The molecule has 0 aliphatic carbocycles. The van der Waals surface area contributed by atoms with E-state index in [-0.39, 0.29) is 18.6 Å². The molecule has 0 spiro atoms. The summed E-state index contributed by atoms with van der Waals surface area (Å²) in [5.74, 6) is 1.66. The highest BCUT2D eigenvalue weighted by atomic mass is 16.5. The lowest BCUT2D eigenvalue weighted by Crippen LogP contribution is -2.48. The summed E-state index contributed by atoms with van der Waals surface area (Å²) >= 11 is 0. The van der Waals surface area contributed by atoms with Crippen LogP contribution in [0, 0.1) is 13.8 Å². The minimum atomic E-state index is -0.113. The zero-order chi connectivity index (χ0) is 20.2. The van der Waals surface area contributed by atoms with Gasteiger partial charge in [-0.1, -0.05) is 23.8 Å². The van der Waals surface area contributed by atoms with Crippen molar-refractivity contribution < 1.29 is 13.9 Å². The van der Waals surface area contributed by atoms with Crippen molar-refractivity contribution in [2.24, 2.45) is 0 Å². The van der Waals surface area contributed by atoms with Crippen molar-refractivity contribution in [2.75, 3.05) is 19.6 Å². The zero-order valence-corrected chi connectivity index (χ0v) is 16.7. The Kier molecular flexibility index (Phi) is 5.62. The number of piperazine rings is 1. The number of pyridine rings is 1. The van der Waals surface area contributed by atoms with Crippen molar-refractivity contribution in [3.05, 3.63) is 83.1 Å². The number of rotatable bonds is 5. The van der Waals surface area contributed by atoms with Crippen LogP contribution in [-0.4, -0.2) is 35.4 Å². The molecule has 1 aliphatic heterocycles. The summed E-state index contributed by atoms with van der Waals surface area (Å²) in [6.07, 6.45) is 3.55. The highest BCUT2D eigenvalue weighted by molar-refractivity contribution is 5.92. The van der Waals surface area contributed by atoms with Gasteiger partial charge in [0.05, 0.1) is 6.04 Å². The fourth-order valence-corrected chi connectivity index (χ4v) is 3.64. The predicted octanol–water partition coefficient (Wildman–Crippen LogP) is 3.66. The summed E-state index contributed by atoms with van der Waals surface area (Å²) in [6.45, 7) is 6.42. The molecule has 1 aliphatic rings. The van der Waals surface area contributed by atoms with Crippen LogP contribution < -0.4 is 10.1 Å². The number of nitrogens with zero attached hydrogens (tertiary/aromatic N) is 2. The van der Waals surface area contributed by atoms with Gasteiger partial charge in [0.1, 0.15) is 18.1 Å². The summed E-state index contributed by atoms with van der Waals surface area (Å²) in [4.78, 5) is 19.1. The van der Waals surface area contributed by atoms with Crippen molar-refractivity contribution in [1.82, 2.24) is 15.2 Å². The van der Waals surface area contributed by atoms with Crippen molar-refractivity contribution in [2.45, 2.75) is 26.5 Å². The Bertz CT molecular complexity index is 984. The largest absolute Gasteiger partial charge is 0.485 e. The van der Waals surface area contributed by atoms with E-state index < -0.39 is 0 Å². The normalized spacial score (nSPS) is 16.6. The topological polar surface area (TPSA) is 67.6 Å². The van der Waals surface area contributed by atoms with Gasteiger partial charge >= 0.3 is 0 Å². The molecule has 1 amide bonds. The minimum Gasteiger partial charge on any atom is -0.485 e. The lowest BCUT2D eigenvalue weighted by atomic mass is 10.1. The van der Waals surface area contributed by atoms with Crippen LogP contribution in [-0.2, 0) is 6.61 Å². The highest BCUT2D eigenvalue weighted by Crippen LogP contribution is 2.25. The number of carbonyl (C=O) groups is 1. The molecule has 1 atom stereocenters. The Morgan fingerprint density at radius 2 is 2.17 bits per heavy atom. The molecule has 29 heavy (non-hydrogen) atoms. The van der Waals surface area contributed by atoms with Crippen LogP contribution in [0.5, 0.6) is 5.75 Å². The third-order valence-electron chi connectivity index (χ3n) is 5.15. The average molecular weight is 391 g/mol. The monoisotopic (exact) mass is 391 g/mol. The molecule has 6 nitrogen and oxygen atoms in total. The quantitative estimate of drug-likeness (QED) is 0.719. The van der Waals surface area contributed by atoms with E-state index in [2.05, 4.69) is 23.3 Å². The van der Waals surface area contributed by atoms with E-state index in [0.717, 1.165) is 23.4 Å². The Morgan fingerprint density at radius 3 is 2.97 bits per heavy atom. The smallest absolute Gasteiger partial charge is 0.290 e. The SMILES string of the molecule is Cc1ccc(OCc2ccc(C(=O)N3CCNCC3c3cccnc3)o2)c(C)c1. The molecule has 1 saturated heterocycles. The number of hydrogen-bond acceptors (Lipinski definition) is 5. The van der Waals surface area contributed by atoms with Gasteiger partial charge in [0, 0.05) is 32.0 Å². The highest BCUT2D eigenvalue weighted by Gasteiger charge is 2.30. The van der Waals surface area contributed by atoms with Crippen molar-refractivity contribution in [3.8, 4) is 5.75 Å². The van der Waals surface area contributed by atoms with Gasteiger partial charge in [0.2, 0.25) is 0 Å². The third-order valence-corrected chi connectivity index (χ3v) is 5.15. The molecular weight excluding hydrogens is 366 g/mol. The number of carbonyl (C=O) groups excluding carboxylic acids is 1. The molecule has 3 heterocycles. The first kappa shape index (κ1) is 19.2. The number of ether oxygens (including phenoxy) is 1. The molecular formula is C23H25N3O3. The van der Waals surface area contributed by atoms with E-state index in [1.54, 1.807) is 18.3 Å². The lowest BCUT2D eigenvalue weighted by molar-refractivity contribution is 0.0597. The van der Waals surface area contributed by atoms with Gasteiger partial charge in [0.15, 0.2) is 5.76 Å². The van der Waals surface area contributed by atoms with Gasteiger partial charge in [-0.25, -0.2) is 0 Å². The van der Waals surface area contributed by atoms with E-state index in [4.69, 9.17) is 9.15 Å². The van der Waals surface area contributed by atoms with E-state index in [9.17, 15) is 4.79 Å². The molecule has 0 saturated carbocycles.